The van der Waals surface area contributed by atoms with Gasteiger partial charge in [-0.3, -0.25) is 4.40 Å². The average molecular weight is 352 g/mol. The first-order valence-electron chi connectivity index (χ1n) is 7.83. The number of rotatable bonds is 4. The standard InChI is InChI=1S/C16H16N8S/c1-10-9-14-18-20-16(23(14)12(3)17-10)25-11(2)15-19-21-22-24(15)13-7-5-4-6-8-13/h4-9,11H,1-3H3/t11-/m1/s1. The molecule has 25 heavy (non-hydrogen) atoms. The van der Waals surface area contributed by atoms with Crippen LogP contribution in [0.3, 0.4) is 0 Å². The van der Waals surface area contributed by atoms with Crippen LogP contribution in [0.2, 0.25) is 0 Å². The molecule has 9 heteroatoms. The fraction of sp³-hybridized carbons (Fsp3) is 0.250. The summed E-state index contributed by atoms with van der Waals surface area (Å²) in [6, 6.07) is 11.7. The lowest BCUT2D eigenvalue weighted by molar-refractivity contribution is 0.760. The van der Waals surface area contributed by atoms with Gasteiger partial charge in [-0.15, -0.1) is 15.3 Å². The van der Waals surface area contributed by atoms with Crippen LogP contribution in [0.1, 0.15) is 29.5 Å². The van der Waals surface area contributed by atoms with Crippen LogP contribution in [0, 0.1) is 13.8 Å². The first kappa shape index (κ1) is 15.7. The molecule has 0 unspecified atom stereocenters. The van der Waals surface area contributed by atoms with Crippen molar-refractivity contribution < 1.29 is 0 Å². The van der Waals surface area contributed by atoms with Crippen molar-refractivity contribution in [2.45, 2.75) is 31.2 Å². The van der Waals surface area contributed by atoms with Crippen molar-refractivity contribution in [3.8, 4) is 5.69 Å². The van der Waals surface area contributed by atoms with E-state index in [1.807, 2.05) is 61.6 Å². The lowest BCUT2D eigenvalue weighted by Crippen LogP contribution is -2.06. The Morgan fingerprint density at radius 3 is 2.64 bits per heavy atom. The molecule has 0 saturated heterocycles. The molecule has 0 aliphatic rings. The van der Waals surface area contributed by atoms with Gasteiger partial charge in [-0.05, 0) is 43.3 Å². The van der Waals surface area contributed by atoms with E-state index in [-0.39, 0.29) is 5.25 Å². The first-order chi connectivity index (χ1) is 12.1. The largest absolute Gasteiger partial charge is 0.258 e. The van der Waals surface area contributed by atoms with E-state index in [2.05, 4.69) is 30.7 Å². The number of hydrogen-bond donors (Lipinski definition) is 0. The molecule has 0 saturated carbocycles. The van der Waals surface area contributed by atoms with Crippen LogP contribution in [-0.4, -0.2) is 39.8 Å². The normalized spacial score (nSPS) is 12.6. The predicted molar refractivity (Wildman–Crippen MR) is 93.7 cm³/mol. The maximum Gasteiger partial charge on any atom is 0.197 e. The number of benzene rings is 1. The molecule has 0 N–H and O–H groups in total. The molecule has 8 nitrogen and oxygen atoms in total. The Balaban J connectivity index is 1.68. The van der Waals surface area contributed by atoms with Crippen LogP contribution < -0.4 is 0 Å². The van der Waals surface area contributed by atoms with Crippen molar-refractivity contribution in [1.29, 1.82) is 0 Å². The minimum absolute atomic E-state index is 0.0108. The Hall–Kier alpha value is -2.81. The molecule has 0 amide bonds. The fourth-order valence-corrected chi connectivity index (χ4v) is 3.68. The van der Waals surface area contributed by atoms with E-state index in [1.165, 1.54) is 0 Å². The van der Waals surface area contributed by atoms with Crippen LogP contribution in [0.25, 0.3) is 11.3 Å². The monoisotopic (exact) mass is 352 g/mol. The zero-order valence-corrected chi connectivity index (χ0v) is 14.8. The molecule has 3 heterocycles. The highest BCUT2D eigenvalue weighted by molar-refractivity contribution is 7.99. The third-order valence-electron chi connectivity index (χ3n) is 3.80. The van der Waals surface area contributed by atoms with E-state index in [4.69, 9.17) is 0 Å². The highest BCUT2D eigenvalue weighted by Crippen LogP contribution is 2.33. The zero-order valence-electron chi connectivity index (χ0n) is 14.0. The smallest absolute Gasteiger partial charge is 0.197 e. The average Bonchev–Trinajstić information content (AvgIpc) is 3.23. The molecule has 0 spiro atoms. The van der Waals surface area contributed by atoms with Gasteiger partial charge in [-0.1, -0.05) is 30.0 Å². The predicted octanol–water partition coefficient (Wildman–Crippen LogP) is 2.57. The van der Waals surface area contributed by atoms with Gasteiger partial charge in [0.15, 0.2) is 16.6 Å². The Morgan fingerprint density at radius 1 is 1.04 bits per heavy atom. The van der Waals surface area contributed by atoms with Crippen LogP contribution in [0.5, 0.6) is 0 Å². The minimum Gasteiger partial charge on any atom is -0.258 e. The Kier molecular flexibility index (Phi) is 3.92. The van der Waals surface area contributed by atoms with Crippen LogP contribution in [0.15, 0.2) is 41.6 Å². The van der Waals surface area contributed by atoms with E-state index < -0.39 is 0 Å². The van der Waals surface area contributed by atoms with Gasteiger partial charge in [0.2, 0.25) is 0 Å². The molecule has 126 valence electrons. The van der Waals surface area contributed by atoms with Crippen molar-refractivity contribution in [1.82, 2.24) is 39.8 Å². The number of fused-ring (bicyclic) bond motifs is 1. The highest BCUT2D eigenvalue weighted by Gasteiger charge is 2.20. The topological polar surface area (TPSA) is 86.7 Å². The number of nitrogens with zero attached hydrogens (tertiary/aromatic N) is 8. The summed E-state index contributed by atoms with van der Waals surface area (Å²) in [5.41, 5.74) is 2.65. The third kappa shape index (κ3) is 2.86. The van der Waals surface area contributed by atoms with Crippen LogP contribution in [-0.2, 0) is 0 Å². The summed E-state index contributed by atoms with van der Waals surface area (Å²) in [7, 11) is 0. The van der Waals surface area contributed by atoms with Gasteiger partial charge >= 0.3 is 0 Å². The fourth-order valence-electron chi connectivity index (χ4n) is 2.69. The first-order valence-corrected chi connectivity index (χ1v) is 8.71. The Bertz CT molecular complexity index is 1020. The van der Waals surface area contributed by atoms with Crippen molar-refractivity contribution >= 4 is 17.4 Å². The van der Waals surface area contributed by atoms with E-state index in [0.717, 1.165) is 33.8 Å². The molecule has 1 atom stereocenters. The van der Waals surface area contributed by atoms with Gasteiger partial charge in [0, 0.05) is 11.8 Å². The lowest BCUT2D eigenvalue weighted by Gasteiger charge is -2.11. The highest BCUT2D eigenvalue weighted by atomic mass is 32.2. The molecule has 0 aliphatic heterocycles. The number of tetrazole rings is 1. The van der Waals surface area contributed by atoms with Crippen LogP contribution in [0.4, 0.5) is 0 Å². The number of aryl methyl sites for hydroxylation is 2. The maximum absolute atomic E-state index is 4.49. The molecule has 0 radical (unpaired) electrons. The molecule has 4 aromatic rings. The van der Waals surface area contributed by atoms with Crippen LogP contribution >= 0.6 is 11.8 Å². The molecular weight excluding hydrogens is 336 g/mol. The van der Waals surface area contributed by atoms with Crippen molar-refractivity contribution in [3.05, 3.63) is 53.7 Å². The SMILES string of the molecule is Cc1cc2nnc(S[C@H](C)c3nnnn3-c3ccccc3)n2c(C)n1. The van der Waals surface area contributed by atoms with Gasteiger partial charge in [0.05, 0.1) is 10.9 Å². The summed E-state index contributed by atoms with van der Waals surface area (Å²) >= 11 is 1.55. The molecule has 1 aromatic carbocycles. The minimum atomic E-state index is -0.0108. The van der Waals surface area contributed by atoms with Gasteiger partial charge in [0.1, 0.15) is 5.82 Å². The quantitative estimate of drug-likeness (QED) is 0.522. The van der Waals surface area contributed by atoms with E-state index in [1.54, 1.807) is 16.4 Å². The summed E-state index contributed by atoms with van der Waals surface area (Å²) < 4.78 is 3.70. The molecule has 4 rings (SSSR count). The summed E-state index contributed by atoms with van der Waals surface area (Å²) in [4.78, 5) is 4.49. The van der Waals surface area contributed by atoms with E-state index >= 15 is 0 Å². The third-order valence-corrected chi connectivity index (χ3v) is 4.84. The Labute approximate surface area is 148 Å². The summed E-state index contributed by atoms with van der Waals surface area (Å²) in [5.74, 6) is 1.61. The second kappa shape index (κ2) is 6.25. The number of aromatic nitrogens is 8. The maximum atomic E-state index is 4.49. The van der Waals surface area contributed by atoms with Crippen molar-refractivity contribution in [2.24, 2.45) is 0 Å². The number of thioether (sulfide) groups is 1. The second-order valence-electron chi connectivity index (χ2n) is 5.67. The van der Waals surface area contributed by atoms with E-state index in [0.29, 0.717) is 0 Å². The Morgan fingerprint density at radius 2 is 1.84 bits per heavy atom. The van der Waals surface area contributed by atoms with Gasteiger partial charge in [-0.25, -0.2) is 4.98 Å². The molecule has 0 bridgehead atoms. The van der Waals surface area contributed by atoms with Gasteiger partial charge in [-0.2, -0.15) is 4.68 Å². The van der Waals surface area contributed by atoms with Gasteiger partial charge in [0.25, 0.3) is 0 Å². The zero-order chi connectivity index (χ0) is 17.4. The number of hydrogen-bond acceptors (Lipinski definition) is 7. The second-order valence-corrected chi connectivity index (χ2v) is 6.97. The molecular formula is C16H16N8S. The van der Waals surface area contributed by atoms with Gasteiger partial charge < -0.3 is 0 Å². The summed E-state index contributed by atoms with van der Waals surface area (Å²) in [5, 5.41) is 21.5. The molecule has 0 fully saturated rings. The van der Waals surface area contributed by atoms with Crippen molar-refractivity contribution in [3.63, 3.8) is 0 Å². The summed E-state index contributed by atoms with van der Waals surface area (Å²) in [6.07, 6.45) is 0. The molecule has 3 aromatic heterocycles. The lowest BCUT2D eigenvalue weighted by atomic mass is 10.3. The molecule has 0 aliphatic carbocycles. The summed E-state index contributed by atoms with van der Waals surface area (Å²) in [6.45, 7) is 5.95. The number of para-hydroxylation sites is 1. The van der Waals surface area contributed by atoms with E-state index in [9.17, 15) is 0 Å². The van der Waals surface area contributed by atoms with Crippen molar-refractivity contribution in [2.75, 3.05) is 0 Å².